The molecule has 0 radical (unpaired) electrons. The fraction of sp³-hybridized carbons (Fsp3) is 0.615. The van der Waals surface area contributed by atoms with Gasteiger partial charge in [0.05, 0.1) is 5.60 Å². The Hall–Kier alpha value is -0.930. The van der Waals surface area contributed by atoms with Gasteiger partial charge in [-0.15, -0.1) is 0 Å². The van der Waals surface area contributed by atoms with Crippen molar-refractivity contribution in [1.82, 2.24) is 10.3 Å². The lowest BCUT2D eigenvalue weighted by Crippen LogP contribution is -2.47. The number of nitrogens with one attached hydrogen (secondary N) is 1. The summed E-state index contributed by atoms with van der Waals surface area (Å²) in [6.07, 6.45) is 7.68. The van der Waals surface area contributed by atoms with Crippen molar-refractivity contribution in [3.8, 4) is 0 Å². The monoisotopic (exact) mass is 218 g/mol. The molecule has 3 rings (SSSR count). The summed E-state index contributed by atoms with van der Waals surface area (Å²) >= 11 is 0. The van der Waals surface area contributed by atoms with Gasteiger partial charge < -0.3 is 10.4 Å². The molecule has 2 aliphatic heterocycles. The van der Waals surface area contributed by atoms with Crippen molar-refractivity contribution < 1.29 is 5.11 Å². The Morgan fingerprint density at radius 1 is 1.38 bits per heavy atom. The lowest BCUT2D eigenvalue weighted by atomic mass is 9.80. The minimum Gasteiger partial charge on any atom is -0.385 e. The van der Waals surface area contributed by atoms with E-state index in [0.29, 0.717) is 12.1 Å². The molecule has 0 amide bonds. The molecule has 3 heteroatoms. The van der Waals surface area contributed by atoms with Gasteiger partial charge in [0, 0.05) is 30.0 Å². The second kappa shape index (κ2) is 3.54. The van der Waals surface area contributed by atoms with Gasteiger partial charge in [-0.1, -0.05) is 0 Å². The number of hydrogen-bond acceptors (Lipinski definition) is 3. The first-order chi connectivity index (χ1) is 7.67. The molecule has 86 valence electrons. The zero-order chi connectivity index (χ0) is 11.2. The fourth-order valence-corrected chi connectivity index (χ4v) is 3.29. The average Bonchev–Trinajstić information content (AvgIpc) is 2.59. The molecule has 1 aromatic rings. The Balaban J connectivity index is 1.96. The first-order valence-corrected chi connectivity index (χ1v) is 6.07. The van der Waals surface area contributed by atoms with Crippen LogP contribution in [0.3, 0.4) is 0 Å². The van der Waals surface area contributed by atoms with Gasteiger partial charge in [0.15, 0.2) is 0 Å². The highest BCUT2D eigenvalue weighted by atomic mass is 16.3. The maximum atomic E-state index is 10.8. The van der Waals surface area contributed by atoms with Crippen LogP contribution < -0.4 is 5.32 Å². The van der Waals surface area contributed by atoms with Crippen molar-refractivity contribution in [1.29, 1.82) is 0 Å². The van der Waals surface area contributed by atoms with Gasteiger partial charge in [0.1, 0.15) is 0 Å². The van der Waals surface area contributed by atoms with E-state index in [4.69, 9.17) is 0 Å². The van der Waals surface area contributed by atoms with Gasteiger partial charge in [-0.2, -0.15) is 0 Å². The Morgan fingerprint density at radius 3 is 2.69 bits per heavy atom. The minimum atomic E-state index is -0.657. The van der Waals surface area contributed by atoms with Crippen LogP contribution in [-0.4, -0.2) is 22.2 Å². The number of hydrogen-bond donors (Lipinski definition) is 2. The maximum absolute atomic E-state index is 10.8. The molecule has 2 unspecified atom stereocenters. The summed E-state index contributed by atoms with van der Waals surface area (Å²) in [6, 6.07) is 2.96. The SMILES string of the molecule is Cc1ccncc1C1(O)CC2CCC(C1)N2. The average molecular weight is 218 g/mol. The number of aryl methyl sites for hydroxylation is 1. The van der Waals surface area contributed by atoms with Crippen LogP contribution in [0.5, 0.6) is 0 Å². The fourth-order valence-electron chi connectivity index (χ4n) is 3.29. The number of rotatable bonds is 1. The van der Waals surface area contributed by atoms with Gasteiger partial charge in [-0.3, -0.25) is 4.98 Å². The van der Waals surface area contributed by atoms with Crippen LogP contribution in [0.4, 0.5) is 0 Å². The van der Waals surface area contributed by atoms with E-state index in [-0.39, 0.29) is 0 Å². The maximum Gasteiger partial charge on any atom is 0.0943 e. The summed E-state index contributed by atoms with van der Waals surface area (Å²) in [6.45, 7) is 2.05. The first kappa shape index (κ1) is 10.2. The van der Waals surface area contributed by atoms with E-state index in [1.54, 1.807) is 6.20 Å². The Kier molecular flexibility index (Phi) is 2.26. The minimum absolute atomic E-state index is 0.489. The third kappa shape index (κ3) is 1.55. The molecule has 0 aliphatic carbocycles. The smallest absolute Gasteiger partial charge is 0.0943 e. The summed E-state index contributed by atoms with van der Waals surface area (Å²) < 4.78 is 0. The first-order valence-electron chi connectivity index (χ1n) is 6.07. The molecular formula is C13H18N2O. The highest BCUT2D eigenvalue weighted by Crippen LogP contribution is 2.41. The number of pyridine rings is 1. The topological polar surface area (TPSA) is 45.2 Å². The van der Waals surface area contributed by atoms with E-state index in [9.17, 15) is 5.11 Å². The van der Waals surface area contributed by atoms with Gasteiger partial charge in [0.2, 0.25) is 0 Å². The van der Waals surface area contributed by atoms with E-state index in [2.05, 4.69) is 17.2 Å². The molecule has 1 aromatic heterocycles. The van der Waals surface area contributed by atoms with Crippen molar-refractivity contribution in [2.24, 2.45) is 0 Å². The normalized spacial score (nSPS) is 37.6. The molecule has 2 saturated heterocycles. The van der Waals surface area contributed by atoms with Crippen molar-refractivity contribution >= 4 is 0 Å². The van der Waals surface area contributed by atoms with Crippen molar-refractivity contribution in [3.63, 3.8) is 0 Å². The summed E-state index contributed by atoms with van der Waals surface area (Å²) in [5, 5.41) is 14.4. The molecular weight excluding hydrogens is 200 g/mol. The molecule has 2 bridgehead atoms. The summed E-state index contributed by atoms with van der Waals surface area (Å²) in [4.78, 5) is 4.16. The van der Waals surface area contributed by atoms with Crippen molar-refractivity contribution in [3.05, 3.63) is 29.6 Å². The van der Waals surface area contributed by atoms with Crippen molar-refractivity contribution in [2.45, 2.75) is 50.3 Å². The molecule has 2 atom stereocenters. The van der Waals surface area contributed by atoms with Crippen LogP contribution in [-0.2, 0) is 5.60 Å². The van der Waals surface area contributed by atoms with E-state index >= 15 is 0 Å². The number of fused-ring (bicyclic) bond motifs is 2. The Bertz CT molecular complexity index is 393. The van der Waals surface area contributed by atoms with Crippen LogP contribution in [0, 0.1) is 6.92 Å². The quantitative estimate of drug-likeness (QED) is 0.750. The second-order valence-corrected chi connectivity index (χ2v) is 5.27. The van der Waals surface area contributed by atoms with E-state index in [0.717, 1.165) is 24.0 Å². The number of nitrogens with zero attached hydrogens (tertiary/aromatic N) is 1. The molecule has 2 aliphatic rings. The molecule has 2 fully saturated rings. The molecule has 3 heterocycles. The zero-order valence-corrected chi connectivity index (χ0v) is 9.61. The third-order valence-electron chi connectivity index (χ3n) is 4.04. The molecule has 2 N–H and O–H groups in total. The predicted molar refractivity (Wildman–Crippen MR) is 62.1 cm³/mol. The van der Waals surface area contributed by atoms with Crippen LogP contribution >= 0.6 is 0 Å². The van der Waals surface area contributed by atoms with Crippen molar-refractivity contribution in [2.75, 3.05) is 0 Å². The Morgan fingerprint density at radius 2 is 2.06 bits per heavy atom. The summed E-state index contributed by atoms with van der Waals surface area (Å²) in [7, 11) is 0. The summed E-state index contributed by atoms with van der Waals surface area (Å²) in [5.41, 5.74) is 1.52. The largest absolute Gasteiger partial charge is 0.385 e. The van der Waals surface area contributed by atoms with E-state index in [1.807, 2.05) is 12.3 Å². The van der Waals surface area contributed by atoms with E-state index in [1.165, 1.54) is 12.8 Å². The van der Waals surface area contributed by atoms with Crippen LogP contribution in [0.25, 0.3) is 0 Å². The second-order valence-electron chi connectivity index (χ2n) is 5.27. The molecule has 16 heavy (non-hydrogen) atoms. The van der Waals surface area contributed by atoms with Crippen LogP contribution in [0.15, 0.2) is 18.5 Å². The molecule has 0 aromatic carbocycles. The van der Waals surface area contributed by atoms with Crippen LogP contribution in [0.1, 0.15) is 36.8 Å². The van der Waals surface area contributed by atoms with Crippen LogP contribution in [0.2, 0.25) is 0 Å². The number of aromatic nitrogens is 1. The number of aliphatic hydroxyl groups is 1. The third-order valence-corrected chi connectivity index (χ3v) is 4.04. The molecule has 0 spiro atoms. The van der Waals surface area contributed by atoms with Gasteiger partial charge in [0.25, 0.3) is 0 Å². The number of piperidine rings is 1. The summed E-state index contributed by atoms with van der Waals surface area (Å²) in [5.74, 6) is 0. The van der Waals surface area contributed by atoms with E-state index < -0.39 is 5.60 Å². The predicted octanol–water partition coefficient (Wildman–Crippen LogP) is 1.49. The standard InChI is InChI=1S/C13H18N2O/c1-9-4-5-14-8-12(9)13(16)6-10-2-3-11(7-13)15-10/h4-5,8,10-11,15-16H,2-3,6-7H2,1H3. The molecule has 3 nitrogen and oxygen atoms in total. The zero-order valence-electron chi connectivity index (χ0n) is 9.61. The van der Waals surface area contributed by atoms with Gasteiger partial charge >= 0.3 is 0 Å². The highest BCUT2D eigenvalue weighted by Gasteiger charge is 2.44. The van der Waals surface area contributed by atoms with Gasteiger partial charge in [-0.25, -0.2) is 0 Å². The molecule has 0 saturated carbocycles. The lowest BCUT2D eigenvalue weighted by molar-refractivity contribution is -0.0122. The highest BCUT2D eigenvalue weighted by molar-refractivity contribution is 5.29. The Labute approximate surface area is 95.9 Å². The lowest BCUT2D eigenvalue weighted by Gasteiger charge is -2.38. The van der Waals surface area contributed by atoms with Gasteiger partial charge in [-0.05, 0) is 44.2 Å².